The van der Waals surface area contributed by atoms with Crippen LogP contribution < -0.4 is 0 Å². The molecule has 0 fully saturated rings. The summed E-state index contributed by atoms with van der Waals surface area (Å²) in [5, 5.41) is 9.85. The zero-order chi connectivity index (χ0) is 56.9. The number of aliphatic hydroxyl groups excluding tert-OH is 1. The van der Waals surface area contributed by atoms with Crippen molar-refractivity contribution in [3.05, 3.63) is 48.6 Å². The molecule has 78 heavy (non-hydrogen) atoms. The number of phosphoric ester groups is 1. The maximum atomic E-state index is 13.0. The molecule has 0 aliphatic carbocycles. The second kappa shape index (κ2) is 60.5. The van der Waals surface area contributed by atoms with Crippen LogP contribution in [0.2, 0.25) is 0 Å². The zero-order valence-electron chi connectivity index (χ0n) is 50.6. The Morgan fingerprint density at radius 2 is 0.628 bits per heavy atom. The number of esters is 3. The highest BCUT2D eigenvalue weighted by Crippen LogP contribution is 2.43. The number of rotatable bonds is 61. The van der Waals surface area contributed by atoms with Crippen molar-refractivity contribution in [2.24, 2.45) is 0 Å². The van der Waals surface area contributed by atoms with Crippen molar-refractivity contribution in [3.8, 4) is 0 Å². The number of hydrogen-bond acceptors (Lipinski definition) is 10. The first-order chi connectivity index (χ1) is 38.2. The molecule has 3 atom stereocenters. The number of aliphatic hydroxyl groups is 1. The Kier molecular flexibility index (Phi) is 58.5. The zero-order valence-corrected chi connectivity index (χ0v) is 51.5. The highest BCUT2D eigenvalue weighted by atomic mass is 31.2. The van der Waals surface area contributed by atoms with E-state index in [4.69, 9.17) is 23.3 Å². The predicted molar refractivity (Wildman–Crippen MR) is 325 cm³/mol. The van der Waals surface area contributed by atoms with Crippen molar-refractivity contribution in [2.75, 3.05) is 26.4 Å². The molecule has 0 saturated carbocycles. The molecule has 0 amide bonds. The summed E-state index contributed by atoms with van der Waals surface area (Å²) >= 11 is 0. The summed E-state index contributed by atoms with van der Waals surface area (Å²) in [6.45, 7) is 4.65. The first-order valence-corrected chi connectivity index (χ1v) is 34.0. The van der Waals surface area contributed by atoms with E-state index in [1.165, 1.54) is 167 Å². The third-order valence-corrected chi connectivity index (χ3v) is 15.1. The minimum Gasteiger partial charge on any atom is -0.462 e. The Bertz CT molecular complexity index is 1490. The number of carbonyl (C=O) groups is 3. The number of phosphoric acid groups is 1. The van der Waals surface area contributed by atoms with Crippen LogP contribution in [0.25, 0.3) is 0 Å². The largest absolute Gasteiger partial charge is 0.472 e. The van der Waals surface area contributed by atoms with Crippen LogP contribution in [0.4, 0.5) is 0 Å². The molecule has 0 rings (SSSR count). The van der Waals surface area contributed by atoms with Crippen LogP contribution >= 0.6 is 7.82 Å². The molecule has 0 aliphatic rings. The Balaban J connectivity index is 4.69. The van der Waals surface area contributed by atoms with Crippen LogP contribution in [0.5, 0.6) is 0 Å². The predicted octanol–water partition coefficient (Wildman–Crippen LogP) is 19.7. The van der Waals surface area contributed by atoms with Gasteiger partial charge >= 0.3 is 25.7 Å². The molecular weight excluding hydrogens is 1000 g/mol. The third-order valence-electron chi connectivity index (χ3n) is 14.2. The van der Waals surface area contributed by atoms with E-state index in [9.17, 15) is 28.9 Å². The summed E-state index contributed by atoms with van der Waals surface area (Å²) in [4.78, 5) is 48.8. The second-order valence-electron chi connectivity index (χ2n) is 21.9. The van der Waals surface area contributed by atoms with Crippen molar-refractivity contribution in [1.82, 2.24) is 0 Å². The lowest BCUT2D eigenvalue weighted by molar-refractivity contribution is -0.161. The van der Waals surface area contributed by atoms with Crippen molar-refractivity contribution >= 4 is 25.7 Å². The third kappa shape index (κ3) is 58.1. The normalized spacial score (nSPS) is 13.6. The van der Waals surface area contributed by atoms with Crippen LogP contribution in [0.3, 0.4) is 0 Å². The van der Waals surface area contributed by atoms with E-state index in [-0.39, 0.29) is 25.9 Å². The number of carbonyl (C=O) groups excluding carboxylic acids is 3. The second-order valence-corrected chi connectivity index (χ2v) is 23.4. The SMILES string of the molecule is CCCCC/C=C\C/C=C\CCCCCCCCCC(=O)OC(COC(=O)CCCCCCCCC/C=C\CCCCCCCC)COP(=O)(O)OCC(CO)OC(=O)CCCCCCCCC/C=C\CCCCCCCC. The smallest absolute Gasteiger partial charge is 0.462 e. The van der Waals surface area contributed by atoms with Crippen molar-refractivity contribution < 1.29 is 52.2 Å². The van der Waals surface area contributed by atoms with Gasteiger partial charge in [-0.3, -0.25) is 23.4 Å². The fraction of sp³-hybridized carbons (Fsp3) is 0.833. The minimum absolute atomic E-state index is 0.159. The molecule has 0 spiro atoms. The van der Waals surface area contributed by atoms with Gasteiger partial charge in [0.15, 0.2) is 6.10 Å². The fourth-order valence-corrected chi connectivity index (χ4v) is 9.99. The molecule has 3 unspecified atom stereocenters. The number of ether oxygens (including phenoxy) is 3. The van der Waals surface area contributed by atoms with Crippen LogP contribution in [-0.4, -0.2) is 66.5 Å². The summed E-state index contributed by atoms with van der Waals surface area (Å²) in [7, 11) is -4.76. The van der Waals surface area contributed by atoms with E-state index in [1.54, 1.807) is 0 Å². The summed E-state index contributed by atoms with van der Waals surface area (Å²) in [5.74, 6) is -1.46. The van der Waals surface area contributed by atoms with E-state index in [1.807, 2.05) is 0 Å². The van der Waals surface area contributed by atoms with E-state index in [2.05, 4.69) is 69.4 Å². The Morgan fingerprint density at radius 1 is 0.359 bits per heavy atom. The quantitative estimate of drug-likeness (QED) is 0.0197. The van der Waals surface area contributed by atoms with Gasteiger partial charge in [0.1, 0.15) is 12.7 Å². The van der Waals surface area contributed by atoms with Gasteiger partial charge in [0, 0.05) is 19.3 Å². The van der Waals surface area contributed by atoms with Gasteiger partial charge in [0.25, 0.3) is 0 Å². The molecule has 0 radical (unpaired) electrons. The van der Waals surface area contributed by atoms with E-state index in [0.717, 1.165) is 89.9 Å². The lowest BCUT2D eigenvalue weighted by Gasteiger charge is -2.21. The molecule has 2 N–H and O–H groups in total. The van der Waals surface area contributed by atoms with Gasteiger partial charge < -0.3 is 24.2 Å². The minimum atomic E-state index is -4.76. The molecule has 0 saturated heterocycles. The van der Waals surface area contributed by atoms with Gasteiger partial charge in [-0.05, 0) is 103 Å². The maximum Gasteiger partial charge on any atom is 0.472 e. The fourth-order valence-electron chi connectivity index (χ4n) is 9.20. The highest BCUT2D eigenvalue weighted by Gasteiger charge is 2.28. The molecule has 0 aromatic heterocycles. The molecule has 0 aromatic carbocycles. The van der Waals surface area contributed by atoms with Gasteiger partial charge in [-0.2, -0.15) is 0 Å². The van der Waals surface area contributed by atoms with Crippen LogP contribution in [0.1, 0.15) is 316 Å². The molecule has 11 nitrogen and oxygen atoms in total. The lowest BCUT2D eigenvalue weighted by atomic mass is 10.1. The average molecular weight is 1120 g/mol. The molecule has 0 heterocycles. The van der Waals surface area contributed by atoms with Crippen LogP contribution in [0.15, 0.2) is 48.6 Å². The average Bonchev–Trinajstić information content (AvgIpc) is 3.43. The molecule has 456 valence electrons. The van der Waals surface area contributed by atoms with Crippen molar-refractivity contribution in [1.29, 1.82) is 0 Å². The Morgan fingerprint density at radius 3 is 0.987 bits per heavy atom. The summed E-state index contributed by atoms with van der Waals surface area (Å²) < 4.78 is 39.7. The molecule has 0 aliphatic heterocycles. The van der Waals surface area contributed by atoms with Gasteiger partial charge in [-0.1, -0.05) is 243 Å². The molecule has 12 heteroatoms. The summed E-state index contributed by atoms with van der Waals surface area (Å²) in [6, 6.07) is 0. The van der Waals surface area contributed by atoms with Gasteiger partial charge in [0.05, 0.1) is 19.8 Å². The number of unbranched alkanes of at least 4 members (excludes halogenated alkanes) is 36. The van der Waals surface area contributed by atoms with E-state index < -0.39 is 57.8 Å². The van der Waals surface area contributed by atoms with Gasteiger partial charge in [0.2, 0.25) is 0 Å². The first-order valence-electron chi connectivity index (χ1n) is 32.5. The molecule has 0 aromatic rings. The lowest BCUT2D eigenvalue weighted by Crippen LogP contribution is -2.30. The van der Waals surface area contributed by atoms with Crippen LogP contribution in [-0.2, 0) is 42.2 Å². The number of hydrogen-bond donors (Lipinski definition) is 2. The summed E-state index contributed by atoms with van der Waals surface area (Å²) in [6.07, 6.45) is 66.2. The van der Waals surface area contributed by atoms with Crippen LogP contribution in [0, 0.1) is 0 Å². The summed E-state index contributed by atoms with van der Waals surface area (Å²) in [5.41, 5.74) is 0. The highest BCUT2D eigenvalue weighted by molar-refractivity contribution is 7.47. The first kappa shape index (κ1) is 75.4. The monoisotopic (exact) mass is 1120 g/mol. The topological polar surface area (TPSA) is 155 Å². The van der Waals surface area contributed by atoms with E-state index >= 15 is 0 Å². The van der Waals surface area contributed by atoms with Gasteiger partial charge in [-0.25, -0.2) is 4.57 Å². The Labute approximate surface area is 479 Å². The maximum absolute atomic E-state index is 13.0. The van der Waals surface area contributed by atoms with Crippen molar-refractivity contribution in [2.45, 2.75) is 328 Å². The van der Waals surface area contributed by atoms with E-state index in [0.29, 0.717) is 19.3 Å². The molecular formula is C66H121O11P. The van der Waals surface area contributed by atoms with Crippen molar-refractivity contribution in [3.63, 3.8) is 0 Å². The standard InChI is InChI=1S/C66H121O11P/c1-4-7-10-13-16-19-22-25-28-31-34-37-40-43-46-49-52-55-64(68)73-59-63(77-66(70)57-54-51-48-45-42-39-36-33-30-27-24-21-18-15-12-9-6-3)61-75-78(71,72)74-60-62(58-67)76-65(69)56-53-50-47-44-41-38-35-32-29-26-23-20-17-14-11-8-5-2/h18,21,25-30,62-63,67H,4-17,19-20,22-24,31-61H2,1-3H3,(H,71,72)/b21-18-,28-25-,29-26-,30-27-. The van der Waals surface area contributed by atoms with Gasteiger partial charge in [-0.15, -0.1) is 0 Å². The number of allylic oxidation sites excluding steroid dienone is 8. The molecule has 0 bridgehead atoms. The Hall–Kier alpha value is -2.56.